The van der Waals surface area contributed by atoms with Crippen molar-refractivity contribution in [2.45, 2.75) is 24.9 Å². The molecule has 0 saturated carbocycles. The average molecular weight is 551 g/mol. The lowest BCUT2D eigenvalue weighted by Crippen LogP contribution is -2.61. The highest BCUT2D eigenvalue weighted by Gasteiger charge is 2.45. The quantitative estimate of drug-likeness (QED) is 0.438. The molecule has 1 aliphatic heterocycles. The predicted molar refractivity (Wildman–Crippen MR) is 140 cm³/mol. The standard InChI is InChI=1S/C24H28ClFN6O4S/c1-31(24(23(27)33)7-9-32(10-8-24)37(3,34)35)13-15-11-16-19(12-20(15)36-2)28-14-29-22(16)30-18-6-4-5-17(25)21(18)26/h4-6,11-12,14H,7-10,13H2,1-3H3,(H2,27,33)(H,28,29,30). The first-order chi connectivity index (χ1) is 17.5. The summed E-state index contributed by atoms with van der Waals surface area (Å²) < 4.78 is 45.4. The van der Waals surface area contributed by atoms with Gasteiger partial charge in [0.2, 0.25) is 15.9 Å². The fourth-order valence-corrected chi connectivity index (χ4v) is 5.70. The number of halogens is 2. The van der Waals surface area contributed by atoms with Gasteiger partial charge in [-0.15, -0.1) is 0 Å². The molecule has 1 aliphatic rings. The van der Waals surface area contributed by atoms with E-state index < -0.39 is 27.3 Å². The maximum Gasteiger partial charge on any atom is 0.238 e. The van der Waals surface area contributed by atoms with E-state index in [-0.39, 0.29) is 43.2 Å². The van der Waals surface area contributed by atoms with Crippen LogP contribution < -0.4 is 15.8 Å². The number of benzene rings is 2. The summed E-state index contributed by atoms with van der Waals surface area (Å²) in [5.74, 6) is -0.229. The van der Waals surface area contributed by atoms with Gasteiger partial charge in [-0.25, -0.2) is 27.1 Å². The Morgan fingerprint density at radius 3 is 2.62 bits per heavy atom. The number of nitrogens with zero attached hydrogens (tertiary/aromatic N) is 4. The van der Waals surface area contributed by atoms with Crippen molar-refractivity contribution in [2.24, 2.45) is 5.73 Å². The number of primary amides is 1. The fraction of sp³-hybridized carbons (Fsp3) is 0.375. The van der Waals surface area contributed by atoms with Gasteiger partial charge in [-0.3, -0.25) is 9.69 Å². The topological polar surface area (TPSA) is 131 Å². The summed E-state index contributed by atoms with van der Waals surface area (Å²) in [6, 6.07) is 8.18. The van der Waals surface area contributed by atoms with Gasteiger partial charge in [-0.2, -0.15) is 0 Å². The minimum atomic E-state index is -3.37. The number of aromatic nitrogens is 2. The van der Waals surface area contributed by atoms with Crippen LogP contribution in [0, 0.1) is 5.82 Å². The van der Waals surface area contributed by atoms with Crippen LogP contribution in [0.5, 0.6) is 5.75 Å². The van der Waals surface area contributed by atoms with Gasteiger partial charge in [0.05, 0.1) is 29.6 Å². The minimum absolute atomic E-state index is 0.0222. The zero-order valence-electron chi connectivity index (χ0n) is 20.7. The molecule has 198 valence electrons. The summed E-state index contributed by atoms with van der Waals surface area (Å²) in [6.45, 7) is 0.642. The molecule has 3 N–H and O–H groups in total. The zero-order valence-corrected chi connectivity index (χ0v) is 22.2. The molecule has 3 aromatic rings. The fourth-order valence-electron chi connectivity index (χ4n) is 4.68. The lowest BCUT2D eigenvalue weighted by molar-refractivity contribution is -0.132. The first-order valence-corrected chi connectivity index (χ1v) is 13.7. The van der Waals surface area contributed by atoms with Crippen molar-refractivity contribution in [3.63, 3.8) is 0 Å². The molecule has 37 heavy (non-hydrogen) atoms. The van der Waals surface area contributed by atoms with E-state index in [2.05, 4.69) is 15.3 Å². The van der Waals surface area contributed by atoms with Gasteiger partial charge >= 0.3 is 0 Å². The third-order valence-corrected chi connectivity index (χ3v) is 8.45. The number of nitrogens with two attached hydrogens (primary N) is 1. The Morgan fingerprint density at radius 1 is 1.30 bits per heavy atom. The van der Waals surface area contributed by atoms with Crippen LogP contribution in [-0.4, -0.2) is 72.5 Å². The van der Waals surface area contributed by atoms with Crippen LogP contribution >= 0.6 is 11.6 Å². The van der Waals surface area contributed by atoms with Crippen molar-refractivity contribution in [2.75, 3.05) is 38.8 Å². The molecular weight excluding hydrogens is 523 g/mol. The number of ether oxygens (including phenoxy) is 1. The van der Waals surface area contributed by atoms with Crippen molar-refractivity contribution >= 4 is 49.9 Å². The Hall–Kier alpha value is -3.06. The highest BCUT2D eigenvalue weighted by molar-refractivity contribution is 7.88. The van der Waals surface area contributed by atoms with Crippen LogP contribution in [0.25, 0.3) is 10.9 Å². The molecule has 0 radical (unpaired) electrons. The van der Waals surface area contributed by atoms with Crippen molar-refractivity contribution < 1.29 is 22.3 Å². The first kappa shape index (κ1) is 27.0. The summed E-state index contributed by atoms with van der Waals surface area (Å²) in [7, 11) is -0.0720. The van der Waals surface area contributed by atoms with E-state index in [1.165, 1.54) is 23.8 Å². The van der Waals surface area contributed by atoms with E-state index in [4.69, 9.17) is 22.1 Å². The van der Waals surface area contributed by atoms with Crippen LogP contribution in [-0.2, 0) is 21.4 Å². The molecule has 2 aromatic carbocycles. The number of fused-ring (bicyclic) bond motifs is 1. The number of carbonyl (C=O) groups is 1. The molecule has 0 bridgehead atoms. The Balaban J connectivity index is 1.69. The van der Waals surface area contributed by atoms with Gasteiger partial charge in [0.15, 0.2) is 5.82 Å². The number of amides is 1. The third kappa shape index (κ3) is 5.33. The van der Waals surface area contributed by atoms with E-state index in [0.29, 0.717) is 28.0 Å². The Kier molecular flexibility index (Phi) is 7.56. The largest absolute Gasteiger partial charge is 0.496 e. The van der Waals surface area contributed by atoms with Gasteiger partial charge in [0, 0.05) is 36.7 Å². The lowest BCUT2D eigenvalue weighted by atomic mass is 9.85. The highest BCUT2D eigenvalue weighted by atomic mass is 35.5. The monoisotopic (exact) mass is 550 g/mol. The molecule has 1 fully saturated rings. The van der Waals surface area contributed by atoms with E-state index >= 15 is 0 Å². The van der Waals surface area contributed by atoms with Crippen molar-refractivity contribution in [1.82, 2.24) is 19.2 Å². The molecule has 10 nitrogen and oxygen atoms in total. The van der Waals surface area contributed by atoms with Crippen molar-refractivity contribution in [3.05, 3.63) is 53.1 Å². The third-order valence-electron chi connectivity index (χ3n) is 6.86. The molecule has 0 spiro atoms. The zero-order chi connectivity index (χ0) is 27.0. The van der Waals surface area contributed by atoms with Crippen LogP contribution in [0.3, 0.4) is 0 Å². The van der Waals surface area contributed by atoms with E-state index in [1.807, 2.05) is 11.0 Å². The molecule has 1 saturated heterocycles. The van der Waals surface area contributed by atoms with Crippen LogP contribution in [0.1, 0.15) is 18.4 Å². The van der Waals surface area contributed by atoms with Crippen molar-refractivity contribution in [3.8, 4) is 5.75 Å². The first-order valence-electron chi connectivity index (χ1n) is 11.4. The van der Waals surface area contributed by atoms with Gasteiger partial charge < -0.3 is 15.8 Å². The Labute approximate surface area is 219 Å². The highest BCUT2D eigenvalue weighted by Crippen LogP contribution is 2.35. The summed E-state index contributed by atoms with van der Waals surface area (Å²) >= 11 is 5.92. The van der Waals surface area contributed by atoms with Gasteiger partial charge in [0.25, 0.3) is 0 Å². The molecular formula is C24H28ClFN6O4S. The SMILES string of the molecule is COc1cc2ncnc(Nc3cccc(Cl)c3F)c2cc1CN(C)C1(C(N)=O)CCN(S(C)(=O)=O)CC1. The summed E-state index contributed by atoms with van der Waals surface area (Å²) in [4.78, 5) is 23.1. The number of hydrogen-bond acceptors (Lipinski definition) is 8. The molecule has 1 amide bonds. The number of hydrogen-bond donors (Lipinski definition) is 2. The summed E-state index contributed by atoms with van der Waals surface area (Å²) in [5.41, 5.74) is 6.25. The average Bonchev–Trinajstić information content (AvgIpc) is 2.86. The number of anilines is 2. The second kappa shape index (κ2) is 10.4. The molecule has 0 atom stereocenters. The molecule has 13 heteroatoms. The van der Waals surface area contributed by atoms with E-state index in [0.717, 1.165) is 6.26 Å². The molecule has 0 unspecified atom stereocenters. The maximum absolute atomic E-state index is 14.5. The maximum atomic E-state index is 14.5. The number of methoxy groups -OCH3 is 1. The molecule has 1 aromatic heterocycles. The van der Waals surface area contributed by atoms with Gasteiger partial charge in [-0.05, 0) is 38.1 Å². The van der Waals surface area contributed by atoms with Gasteiger partial charge in [-0.1, -0.05) is 17.7 Å². The summed E-state index contributed by atoms with van der Waals surface area (Å²) in [6.07, 6.45) is 3.02. The van der Waals surface area contributed by atoms with E-state index in [1.54, 1.807) is 25.2 Å². The summed E-state index contributed by atoms with van der Waals surface area (Å²) in [5, 5.41) is 3.56. The van der Waals surface area contributed by atoms with Crippen LogP contribution in [0.4, 0.5) is 15.9 Å². The Bertz CT molecular complexity index is 1450. The van der Waals surface area contributed by atoms with E-state index in [9.17, 15) is 17.6 Å². The minimum Gasteiger partial charge on any atom is -0.496 e. The Morgan fingerprint density at radius 2 is 2.00 bits per heavy atom. The van der Waals surface area contributed by atoms with Crippen molar-refractivity contribution in [1.29, 1.82) is 0 Å². The lowest BCUT2D eigenvalue weighted by Gasteiger charge is -2.44. The number of nitrogens with one attached hydrogen (secondary N) is 1. The second-order valence-electron chi connectivity index (χ2n) is 9.04. The van der Waals surface area contributed by atoms with Crippen LogP contribution in [0.2, 0.25) is 5.02 Å². The number of carbonyl (C=O) groups excluding carboxylic acids is 1. The molecule has 2 heterocycles. The second-order valence-corrected chi connectivity index (χ2v) is 11.4. The molecule has 0 aliphatic carbocycles. The number of rotatable bonds is 8. The van der Waals surface area contributed by atoms with Gasteiger partial charge in [0.1, 0.15) is 23.4 Å². The number of piperidine rings is 1. The molecule has 4 rings (SSSR count). The smallest absolute Gasteiger partial charge is 0.238 e. The van der Waals surface area contributed by atoms with Crippen LogP contribution in [0.15, 0.2) is 36.7 Å². The normalized spacial score (nSPS) is 16.2. The predicted octanol–water partition coefficient (Wildman–Crippen LogP) is 2.89. The number of likely N-dealkylation sites (N-methyl/N-ethyl adjacent to an activating group) is 1. The number of sulfonamides is 1.